The van der Waals surface area contributed by atoms with E-state index in [2.05, 4.69) is 38.0 Å². The van der Waals surface area contributed by atoms with Crippen LogP contribution in [-0.2, 0) is 32.9 Å². The third-order valence-corrected chi connectivity index (χ3v) is 13.4. The predicted molar refractivity (Wildman–Crippen MR) is 263 cm³/mol. The van der Waals surface area contributed by atoms with Crippen LogP contribution in [0.15, 0.2) is 138 Å². The van der Waals surface area contributed by atoms with Crippen molar-refractivity contribution in [2.75, 3.05) is 39.4 Å². The number of H-pyrrole nitrogens is 1. The van der Waals surface area contributed by atoms with Crippen molar-refractivity contribution in [1.82, 2.24) is 25.8 Å². The number of nitrogens with zero attached hydrogens (tertiary/aromatic N) is 1. The van der Waals surface area contributed by atoms with Gasteiger partial charge in [0.2, 0.25) is 11.2 Å². The van der Waals surface area contributed by atoms with E-state index in [0.717, 1.165) is 38.0 Å². The highest BCUT2D eigenvalue weighted by Gasteiger charge is 2.42. The van der Waals surface area contributed by atoms with Gasteiger partial charge in [-0.05, 0) is 129 Å². The number of aliphatic hydroxyl groups excluding tert-OH is 1. The number of pyridine rings is 1. The van der Waals surface area contributed by atoms with E-state index in [-0.39, 0.29) is 72.0 Å². The normalized spacial score (nSPS) is 17.9. The number of rotatable bonds is 19. The molecule has 2 heterocycles. The van der Waals surface area contributed by atoms with Crippen molar-refractivity contribution in [2.24, 2.45) is 5.92 Å². The monoisotopic (exact) mass is 935 g/mol. The molecular formula is C55H61N5O9. The summed E-state index contributed by atoms with van der Waals surface area (Å²) in [4.78, 5) is 56.9. The Bertz CT molecular complexity index is 2720. The number of piperidine rings is 1. The Labute approximate surface area is 401 Å². The Morgan fingerprint density at radius 3 is 2.16 bits per heavy atom. The van der Waals surface area contributed by atoms with Gasteiger partial charge in [0.1, 0.15) is 11.5 Å². The van der Waals surface area contributed by atoms with Crippen LogP contribution in [0.4, 0.5) is 0 Å². The van der Waals surface area contributed by atoms with Crippen LogP contribution < -0.4 is 26.2 Å². The maximum atomic E-state index is 13.9. The zero-order valence-corrected chi connectivity index (χ0v) is 38.6. The van der Waals surface area contributed by atoms with Gasteiger partial charge in [-0.3, -0.25) is 19.3 Å². The highest BCUT2D eigenvalue weighted by atomic mass is 16.5. The SMILES string of the molecule is O=C(COc1cccc([C@](O)(C(=O)OCC2CCN(Cc3ccccc3)CC2)c2ccccc2)c1)N[C@H]1CC[C@H](NC(=O)c2ccc(CCNC[C@H](O)c3ccc(O)c4[nH]c(=O)ccc34)cc2)CC1. The minimum absolute atomic E-state index is 0.0288. The maximum Gasteiger partial charge on any atom is 0.347 e. The first-order chi connectivity index (χ1) is 33.5. The summed E-state index contributed by atoms with van der Waals surface area (Å²) < 4.78 is 11.8. The van der Waals surface area contributed by atoms with Crippen LogP contribution in [-0.4, -0.2) is 94.5 Å². The first-order valence-electron chi connectivity index (χ1n) is 23.9. The van der Waals surface area contributed by atoms with Crippen molar-refractivity contribution in [1.29, 1.82) is 0 Å². The third-order valence-electron chi connectivity index (χ3n) is 13.4. The second-order valence-corrected chi connectivity index (χ2v) is 18.2. The van der Waals surface area contributed by atoms with Crippen LogP contribution in [0.3, 0.4) is 0 Å². The van der Waals surface area contributed by atoms with Crippen LogP contribution in [0.25, 0.3) is 10.9 Å². The van der Waals surface area contributed by atoms with Gasteiger partial charge in [0, 0.05) is 47.8 Å². The number of aromatic hydroxyl groups is 1. The summed E-state index contributed by atoms with van der Waals surface area (Å²) in [6.45, 7) is 3.49. The Hall–Kier alpha value is -6.84. The van der Waals surface area contributed by atoms with Gasteiger partial charge in [0.25, 0.3) is 11.8 Å². The minimum Gasteiger partial charge on any atom is -0.506 e. The fraction of sp³-hybridized carbons (Fsp3) is 0.345. The molecule has 6 aromatic rings. The number of aromatic nitrogens is 1. The Morgan fingerprint density at radius 1 is 0.754 bits per heavy atom. The zero-order chi connectivity index (χ0) is 48.2. The Kier molecular flexibility index (Phi) is 16.2. The second kappa shape index (κ2) is 23.0. The summed E-state index contributed by atoms with van der Waals surface area (Å²) in [5, 5.41) is 43.2. The molecule has 360 valence electrons. The van der Waals surface area contributed by atoms with Gasteiger partial charge in [-0.25, -0.2) is 4.79 Å². The van der Waals surface area contributed by atoms with Crippen molar-refractivity contribution in [3.05, 3.63) is 177 Å². The smallest absolute Gasteiger partial charge is 0.347 e. The molecule has 0 unspecified atom stereocenters. The molecule has 5 aromatic carbocycles. The van der Waals surface area contributed by atoms with Crippen molar-refractivity contribution in [3.63, 3.8) is 0 Å². The molecule has 69 heavy (non-hydrogen) atoms. The number of aliphatic hydroxyl groups is 2. The van der Waals surface area contributed by atoms with Crippen LogP contribution in [0.2, 0.25) is 0 Å². The molecule has 8 rings (SSSR count). The summed E-state index contributed by atoms with van der Waals surface area (Å²) in [5.74, 6) is -0.770. The van der Waals surface area contributed by atoms with Gasteiger partial charge in [0.15, 0.2) is 6.61 Å². The molecule has 7 N–H and O–H groups in total. The van der Waals surface area contributed by atoms with E-state index in [1.807, 2.05) is 36.4 Å². The number of nitrogens with one attached hydrogen (secondary N) is 4. The van der Waals surface area contributed by atoms with Gasteiger partial charge < -0.3 is 45.7 Å². The number of phenols is 1. The lowest BCUT2D eigenvalue weighted by atomic mass is 9.86. The van der Waals surface area contributed by atoms with Gasteiger partial charge in [0.05, 0.1) is 18.2 Å². The number of amides is 2. The molecule has 0 spiro atoms. The van der Waals surface area contributed by atoms with E-state index in [9.17, 15) is 34.5 Å². The molecule has 2 atom stereocenters. The number of carbonyl (C=O) groups excluding carboxylic acids is 3. The molecule has 1 aromatic heterocycles. The van der Waals surface area contributed by atoms with Crippen molar-refractivity contribution < 1.29 is 39.2 Å². The quantitative estimate of drug-likeness (QED) is 0.0370. The van der Waals surface area contributed by atoms with Gasteiger partial charge in [-0.1, -0.05) is 91.0 Å². The number of aromatic amines is 1. The summed E-state index contributed by atoms with van der Waals surface area (Å²) in [5.41, 5.74) is 1.95. The van der Waals surface area contributed by atoms with Crippen LogP contribution in [0, 0.1) is 5.92 Å². The van der Waals surface area contributed by atoms with E-state index >= 15 is 0 Å². The lowest BCUT2D eigenvalue weighted by molar-refractivity contribution is -0.164. The summed E-state index contributed by atoms with van der Waals surface area (Å²) >= 11 is 0. The zero-order valence-electron chi connectivity index (χ0n) is 38.6. The van der Waals surface area contributed by atoms with E-state index in [4.69, 9.17) is 9.47 Å². The molecule has 1 saturated carbocycles. The lowest BCUT2D eigenvalue weighted by Gasteiger charge is -2.33. The minimum atomic E-state index is -2.10. The fourth-order valence-electron chi connectivity index (χ4n) is 9.37. The number of carbonyl (C=O) groups is 3. The van der Waals surface area contributed by atoms with Gasteiger partial charge in [-0.2, -0.15) is 0 Å². The Morgan fingerprint density at radius 2 is 1.43 bits per heavy atom. The standard InChI is InChI=1S/C55H61N5O9/c61-48-24-22-46(47-23-25-50(63)59-52(47)48)49(62)33-56-29-26-37-14-16-40(17-15-37)53(65)58-44-20-18-43(19-21-44)57-51(64)36-68-45-13-7-12-42(32-45)55(67,41-10-5-2-6-11-41)54(66)69-35-39-27-30-60(31-28-39)34-38-8-3-1-4-9-38/h1-17,22-25,32,39,43-44,49,56,61-62,67H,18-21,26-31,33-36H2,(H,57,64)(H,58,65)(H,59,63)/t43-,44-,49-,55-/m0/s1. The second-order valence-electron chi connectivity index (χ2n) is 18.2. The molecule has 1 aliphatic carbocycles. The topological polar surface area (TPSA) is 203 Å². The molecule has 1 aliphatic heterocycles. The molecule has 2 fully saturated rings. The molecule has 1 saturated heterocycles. The maximum absolute atomic E-state index is 13.9. The average molecular weight is 936 g/mol. The van der Waals surface area contributed by atoms with Crippen LogP contribution in [0.5, 0.6) is 11.5 Å². The number of fused-ring (bicyclic) bond motifs is 1. The summed E-state index contributed by atoms with van der Waals surface area (Å²) in [6.07, 6.45) is 4.38. The first kappa shape index (κ1) is 48.6. The van der Waals surface area contributed by atoms with Crippen LogP contribution in [0.1, 0.15) is 82.8 Å². The number of hydrogen-bond donors (Lipinski definition) is 7. The largest absolute Gasteiger partial charge is 0.506 e. The van der Waals surface area contributed by atoms with Crippen LogP contribution >= 0.6 is 0 Å². The number of likely N-dealkylation sites (tertiary alicyclic amines) is 1. The average Bonchev–Trinajstić information content (AvgIpc) is 3.38. The predicted octanol–water partition coefficient (Wildman–Crippen LogP) is 6.03. The highest BCUT2D eigenvalue weighted by molar-refractivity contribution is 5.94. The number of phenolic OH excluding ortho intramolecular Hbond substituents is 1. The lowest BCUT2D eigenvalue weighted by Crippen LogP contribution is -2.44. The third kappa shape index (κ3) is 12.6. The van der Waals surface area contributed by atoms with E-state index < -0.39 is 17.7 Å². The molecule has 0 bridgehead atoms. The first-order valence-corrected chi connectivity index (χ1v) is 23.9. The number of ether oxygens (including phenoxy) is 2. The summed E-state index contributed by atoms with van der Waals surface area (Å²) in [6, 6.07) is 39.1. The fourth-order valence-corrected chi connectivity index (χ4v) is 9.37. The Balaban J connectivity index is 0.750. The van der Waals surface area contributed by atoms with Crippen molar-refractivity contribution in [2.45, 2.75) is 75.3 Å². The number of benzene rings is 5. The van der Waals surface area contributed by atoms with E-state index in [0.29, 0.717) is 66.5 Å². The van der Waals surface area contributed by atoms with Gasteiger partial charge in [-0.15, -0.1) is 0 Å². The number of esters is 1. The number of hydrogen-bond acceptors (Lipinski definition) is 11. The molecule has 14 nitrogen and oxygen atoms in total. The van der Waals surface area contributed by atoms with E-state index in [1.54, 1.807) is 72.8 Å². The molecule has 2 aliphatic rings. The molecule has 0 radical (unpaired) electrons. The molecule has 14 heteroatoms. The molecule has 2 amide bonds. The summed E-state index contributed by atoms with van der Waals surface area (Å²) in [7, 11) is 0. The van der Waals surface area contributed by atoms with Gasteiger partial charge >= 0.3 is 5.97 Å². The van der Waals surface area contributed by atoms with Crippen molar-refractivity contribution >= 4 is 28.7 Å². The highest BCUT2D eigenvalue weighted by Crippen LogP contribution is 2.34. The molecular weight excluding hydrogens is 875 g/mol. The van der Waals surface area contributed by atoms with E-state index in [1.165, 1.54) is 17.7 Å². The van der Waals surface area contributed by atoms with Crippen molar-refractivity contribution in [3.8, 4) is 11.5 Å².